The maximum atomic E-state index is 12.9. The lowest BCUT2D eigenvalue weighted by molar-refractivity contribution is -0.138. The smallest absolute Gasteiger partial charge is 0.317 e. The summed E-state index contributed by atoms with van der Waals surface area (Å²) in [6.07, 6.45) is 8.02. The largest absolute Gasteiger partial charge is 0.480 e. The van der Waals surface area contributed by atoms with Gasteiger partial charge in [-0.15, -0.1) is 0 Å². The van der Waals surface area contributed by atoms with Crippen molar-refractivity contribution in [3.05, 3.63) is 46.3 Å². The average molecular weight is 542 g/mol. The quantitative estimate of drug-likeness (QED) is 0.356. The maximum Gasteiger partial charge on any atom is 0.317 e. The summed E-state index contributed by atoms with van der Waals surface area (Å²) < 4.78 is 27.1. The average Bonchev–Trinajstić information content (AvgIpc) is 3.41. The summed E-state index contributed by atoms with van der Waals surface area (Å²) in [7, 11) is -2.27. The van der Waals surface area contributed by atoms with E-state index in [0.717, 1.165) is 76.9 Å². The molecule has 0 bridgehead atoms. The first-order valence-corrected chi connectivity index (χ1v) is 14.7. The number of benzene rings is 1. The number of hydrogen-bond acceptors (Lipinski definition) is 6. The van der Waals surface area contributed by atoms with E-state index >= 15 is 0 Å². The standard InChI is InChI=1S/C27H35N5O5S/c1-28-38(36,37)18-8-9-24-21(15-18)22(27(35)30-24)16-25-20(19-5-2-3-7-23(19)29-25)6-4-10-31-11-13-32(14-12-31)17-26(33)34/h8-9,15-16,28-29H,2-7,10-14,17H2,1H3,(H,30,35)(H,33,34). The van der Waals surface area contributed by atoms with Gasteiger partial charge in [-0.1, -0.05) is 0 Å². The van der Waals surface area contributed by atoms with Gasteiger partial charge in [0.15, 0.2) is 0 Å². The number of carboxylic acids is 1. The van der Waals surface area contributed by atoms with Gasteiger partial charge >= 0.3 is 5.97 Å². The Morgan fingerprint density at radius 2 is 1.87 bits per heavy atom. The van der Waals surface area contributed by atoms with E-state index < -0.39 is 16.0 Å². The molecule has 2 aliphatic heterocycles. The van der Waals surface area contributed by atoms with Crippen molar-refractivity contribution in [2.45, 2.75) is 43.4 Å². The summed E-state index contributed by atoms with van der Waals surface area (Å²) in [6, 6.07) is 4.68. The molecule has 2 aromatic rings. The van der Waals surface area contributed by atoms with Gasteiger partial charge in [0.05, 0.1) is 17.0 Å². The van der Waals surface area contributed by atoms with Crippen LogP contribution in [0.5, 0.6) is 0 Å². The molecule has 1 aromatic heterocycles. The van der Waals surface area contributed by atoms with Crippen molar-refractivity contribution >= 4 is 39.2 Å². The number of aromatic nitrogens is 1. The molecule has 4 N–H and O–H groups in total. The van der Waals surface area contributed by atoms with E-state index in [9.17, 15) is 18.0 Å². The van der Waals surface area contributed by atoms with Crippen molar-refractivity contribution in [1.82, 2.24) is 19.5 Å². The van der Waals surface area contributed by atoms with Crippen LogP contribution in [0.1, 0.15) is 47.3 Å². The highest BCUT2D eigenvalue weighted by molar-refractivity contribution is 7.89. The first kappa shape index (κ1) is 26.6. The molecule has 3 heterocycles. The van der Waals surface area contributed by atoms with E-state index in [1.54, 1.807) is 12.1 Å². The van der Waals surface area contributed by atoms with Crippen LogP contribution in [0.4, 0.5) is 5.69 Å². The van der Waals surface area contributed by atoms with Crippen LogP contribution in [-0.4, -0.2) is 86.5 Å². The predicted octanol–water partition coefficient (Wildman–Crippen LogP) is 1.93. The summed E-state index contributed by atoms with van der Waals surface area (Å²) >= 11 is 0. The number of hydrogen-bond donors (Lipinski definition) is 4. The van der Waals surface area contributed by atoms with E-state index in [0.29, 0.717) is 16.8 Å². The summed E-state index contributed by atoms with van der Waals surface area (Å²) in [6.45, 7) is 4.30. The van der Waals surface area contributed by atoms with Crippen LogP contribution in [0.2, 0.25) is 0 Å². The fourth-order valence-corrected chi connectivity index (χ4v) is 6.52. The number of carbonyl (C=O) groups is 2. The number of aromatic amines is 1. The van der Waals surface area contributed by atoms with E-state index in [1.165, 1.54) is 29.9 Å². The zero-order valence-electron chi connectivity index (χ0n) is 21.7. The van der Waals surface area contributed by atoms with Gasteiger partial charge in [-0.2, -0.15) is 0 Å². The molecule has 10 nitrogen and oxygen atoms in total. The fourth-order valence-electron chi connectivity index (χ4n) is 5.77. The summed E-state index contributed by atoms with van der Waals surface area (Å²) in [5.74, 6) is -1.02. The minimum atomic E-state index is -3.64. The van der Waals surface area contributed by atoms with E-state index in [1.807, 2.05) is 11.0 Å². The lowest BCUT2D eigenvalue weighted by Gasteiger charge is -2.33. The number of carboxylic acid groups (broad SMARTS) is 1. The molecular weight excluding hydrogens is 506 g/mol. The maximum absolute atomic E-state index is 12.9. The first-order chi connectivity index (χ1) is 18.2. The van der Waals surface area contributed by atoms with Crippen LogP contribution in [0, 0.1) is 0 Å². The van der Waals surface area contributed by atoms with Crippen LogP contribution in [0.25, 0.3) is 11.6 Å². The number of nitrogens with one attached hydrogen (secondary N) is 3. The van der Waals surface area contributed by atoms with Crippen molar-refractivity contribution in [3.8, 4) is 0 Å². The summed E-state index contributed by atoms with van der Waals surface area (Å²) in [4.78, 5) is 32.0. The van der Waals surface area contributed by atoms with E-state index in [-0.39, 0.29) is 17.3 Å². The summed E-state index contributed by atoms with van der Waals surface area (Å²) in [5.41, 5.74) is 6.44. The molecule has 0 atom stereocenters. The monoisotopic (exact) mass is 541 g/mol. The number of carbonyl (C=O) groups excluding carboxylic acids is 1. The molecule has 38 heavy (non-hydrogen) atoms. The number of amides is 1. The highest BCUT2D eigenvalue weighted by Crippen LogP contribution is 2.37. The molecule has 0 unspecified atom stereocenters. The van der Waals surface area contributed by atoms with Gasteiger partial charge in [-0.25, -0.2) is 13.1 Å². The fraction of sp³-hybridized carbons (Fsp3) is 0.481. The number of aliphatic carboxylic acids is 1. The van der Waals surface area contributed by atoms with Crippen molar-refractivity contribution in [1.29, 1.82) is 0 Å². The van der Waals surface area contributed by atoms with Gasteiger partial charge in [0.25, 0.3) is 5.91 Å². The molecule has 0 radical (unpaired) electrons. The number of fused-ring (bicyclic) bond motifs is 2. The third kappa shape index (κ3) is 5.56. The molecule has 1 fully saturated rings. The molecule has 1 aromatic carbocycles. The Balaban J connectivity index is 1.36. The van der Waals surface area contributed by atoms with Crippen molar-refractivity contribution in [2.24, 2.45) is 0 Å². The Morgan fingerprint density at radius 3 is 2.61 bits per heavy atom. The Labute approximate surface area is 223 Å². The molecule has 3 aliphatic rings. The number of H-pyrrole nitrogens is 1. The zero-order chi connectivity index (χ0) is 26.9. The number of aryl methyl sites for hydroxylation is 1. The van der Waals surface area contributed by atoms with Crippen LogP contribution >= 0.6 is 0 Å². The predicted molar refractivity (Wildman–Crippen MR) is 145 cm³/mol. The number of sulfonamides is 1. The van der Waals surface area contributed by atoms with Gasteiger partial charge in [-0.05, 0) is 87.5 Å². The van der Waals surface area contributed by atoms with Crippen LogP contribution < -0.4 is 10.0 Å². The Kier molecular flexibility index (Phi) is 7.71. The lowest BCUT2D eigenvalue weighted by Crippen LogP contribution is -2.48. The normalized spacial score (nSPS) is 19.4. The van der Waals surface area contributed by atoms with Gasteiger partial charge in [-0.3, -0.25) is 14.5 Å². The molecule has 1 saturated heterocycles. The number of anilines is 1. The van der Waals surface area contributed by atoms with Gasteiger partial charge in [0, 0.05) is 48.8 Å². The Bertz CT molecular complexity index is 1370. The second-order valence-electron chi connectivity index (χ2n) is 10.2. The van der Waals surface area contributed by atoms with Gasteiger partial charge < -0.3 is 20.3 Å². The minimum Gasteiger partial charge on any atom is -0.480 e. The molecule has 0 spiro atoms. The van der Waals surface area contributed by atoms with Gasteiger partial charge in [0.1, 0.15) is 0 Å². The molecule has 11 heteroatoms. The van der Waals surface area contributed by atoms with E-state index in [4.69, 9.17) is 5.11 Å². The second-order valence-corrected chi connectivity index (χ2v) is 12.1. The van der Waals surface area contributed by atoms with Crippen molar-refractivity contribution < 1.29 is 23.1 Å². The lowest BCUT2D eigenvalue weighted by atomic mass is 9.92. The van der Waals surface area contributed by atoms with Crippen LogP contribution in [0.3, 0.4) is 0 Å². The third-order valence-electron chi connectivity index (χ3n) is 7.81. The molecule has 204 valence electrons. The molecule has 5 rings (SSSR count). The molecule has 0 saturated carbocycles. The second kappa shape index (κ2) is 11.0. The Hall–Kier alpha value is -2.99. The highest BCUT2D eigenvalue weighted by Gasteiger charge is 2.28. The number of nitrogens with zero attached hydrogens (tertiary/aromatic N) is 2. The zero-order valence-corrected chi connectivity index (χ0v) is 22.5. The topological polar surface area (TPSA) is 135 Å². The van der Waals surface area contributed by atoms with Crippen molar-refractivity contribution in [3.63, 3.8) is 0 Å². The van der Waals surface area contributed by atoms with E-state index in [2.05, 4.69) is 19.9 Å². The summed E-state index contributed by atoms with van der Waals surface area (Å²) in [5, 5.41) is 11.9. The SMILES string of the molecule is CNS(=O)(=O)c1ccc2c(c1)C(=Cc1[nH]c3c(c1CCCN1CCN(CC(=O)O)CC1)CCCC3)C(=O)N2. The molecule has 1 aliphatic carbocycles. The van der Waals surface area contributed by atoms with Crippen molar-refractivity contribution in [2.75, 3.05) is 51.6 Å². The molecular formula is C27H35N5O5S. The number of piperazine rings is 1. The van der Waals surface area contributed by atoms with Gasteiger partial charge in [0.2, 0.25) is 10.0 Å². The molecule has 1 amide bonds. The van der Waals surface area contributed by atoms with Crippen LogP contribution in [-0.2, 0) is 38.9 Å². The highest BCUT2D eigenvalue weighted by atomic mass is 32.2. The first-order valence-electron chi connectivity index (χ1n) is 13.3. The minimum absolute atomic E-state index is 0.0977. The number of rotatable bonds is 9. The third-order valence-corrected chi connectivity index (χ3v) is 9.22. The Morgan fingerprint density at radius 1 is 1.13 bits per heavy atom. The van der Waals surface area contributed by atoms with Crippen LogP contribution in [0.15, 0.2) is 23.1 Å².